The Kier molecular flexibility index (Phi) is 6.49. The molecule has 1 N–H and O–H groups in total. The highest BCUT2D eigenvalue weighted by Crippen LogP contribution is 2.36. The highest BCUT2D eigenvalue weighted by molar-refractivity contribution is 5.34. The molecule has 4 nitrogen and oxygen atoms in total. The Labute approximate surface area is 127 Å². The molecule has 1 heterocycles. The number of ether oxygens (including phenoxy) is 3. The van der Waals surface area contributed by atoms with E-state index in [-0.39, 0.29) is 5.41 Å². The molecule has 0 radical (unpaired) electrons. The lowest BCUT2D eigenvalue weighted by Gasteiger charge is -2.38. The highest BCUT2D eigenvalue weighted by Gasteiger charge is 2.33. The maximum Gasteiger partial charge on any atom is 0.122 e. The molecule has 0 atom stereocenters. The van der Waals surface area contributed by atoms with Gasteiger partial charge in [-0.2, -0.15) is 0 Å². The number of methoxy groups -OCH3 is 2. The van der Waals surface area contributed by atoms with Gasteiger partial charge in [0.25, 0.3) is 0 Å². The second-order valence-corrected chi connectivity index (χ2v) is 5.77. The summed E-state index contributed by atoms with van der Waals surface area (Å²) in [7, 11) is 3.48. The van der Waals surface area contributed by atoms with E-state index in [1.807, 2.05) is 12.1 Å². The van der Waals surface area contributed by atoms with Crippen LogP contribution in [0.25, 0.3) is 0 Å². The third-order valence-electron chi connectivity index (χ3n) is 4.29. The summed E-state index contributed by atoms with van der Waals surface area (Å²) in [4.78, 5) is 0. The van der Waals surface area contributed by atoms with Crippen molar-refractivity contribution in [2.24, 2.45) is 5.41 Å². The number of hydrogen-bond acceptors (Lipinski definition) is 4. The first kappa shape index (κ1) is 16.3. The Morgan fingerprint density at radius 1 is 1.19 bits per heavy atom. The minimum absolute atomic E-state index is 0.251. The SMILES string of the molecule is COCCNCC1(Cc2ccccc2OC)CCOCC1. The molecule has 4 heteroatoms. The first-order valence-electron chi connectivity index (χ1n) is 7.69. The zero-order chi connectivity index (χ0) is 15.0. The molecule has 118 valence electrons. The van der Waals surface area contributed by atoms with Crippen molar-refractivity contribution < 1.29 is 14.2 Å². The minimum Gasteiger partial charge on any atom is -0.496 e. The highest BCUT2D eigenvalue weighted by atomic mass is 16.5. The predicted octanol–water partition coefficient (Wildman–Crippen LogP) is 2.27. The lowest BCUT2D eigenvalue weighted by molar-refractivity contribution is 0.0141. The lowest BCUT2D eigenvalue weighted by atomic mass is 9.75. The van der Waals surface area contributed by atoms with Crippen LogP contribution in [-0.2, 0) is 15.9 Å². The van der Waals surface area contributed by atoms with E-state index < -0.39 is 0 Å². The van der Waals surface area contributed by atoms with Gasteiger partial charge in [0.2, 0.25) is 0 Å². The molecule has 1 aromatic rings. The van der Waals surface area contributed by atoms with E-state index in [0.29, 0.717) is 0 Å². The Morgan fingerprint density at radius 2 is 1.95 bits per heavy atom. The van der Waals surface area contributed by atoms with Crippen molar-refractivity contribution >= 4 is 0 Å². The summed E-state index contributed by atoms with van der Waals surface area (Å²) in [5.41, 5.74) is 1.54. The summed E-state index contributed by atoms with van der Waals surface area (Å²) >= 11 is 0. The van der Waals surface area contributed by atoms with Crippen molar-refractivity contribution in [3.8, 4) is 5.75 Å². The Balaban J connectivity index is 2.04. The van der Waals surface area contributed by atoms with Crippen molar-refractivity contribution in [1.82, 2.24) is 5.32 Å². The first-order valence-corrected chi connectivity index (χ1v) is 7.69. The average molecular weight is 293 g/mol. The van der Waals surface area contributed by atoms with Crippen LogP contribution < -0.4 is 10.1 Å². The van der Waals surface area contributed by atoms with Crippen molar-refractivity contribution in [3.63, 3.8) is 0 Å². The van der Waals surface area contributed by atoms with Crippen molar-refractivity contribution in [1.29, 1.82) is 0 Å². The zero-order valence-electron chi connectivity index (χ0n) is 13.2. The van der Waals surface area contributed by atoms with Crippen LogP contribution in [0.3, 0.4) is 0 Å². The summed E-state index contributed by atoms with van der Waals surface area (Å²) in [5.74, 6) is 0.986. The third-order valence-corrected chi connectivity index (χ3v) is 4.29. The third kappa shape index (κ3) is 4.70. The maximum absolute atomic E-state index is 5.56. The van der Waals surface area contributed by atoms with Gasteiger partial charge in [0.15, 0.2) is 0 Å². The molecule has 0 unspecified atom stereocenters. The largest absolute Gasteiger partial charge is 0.496 e. The second kappa shape index (κ2) is 8.37. The summed E-state index contributed by atoms with van der Waals surface area (Å²) in [6.07, 6.45) is 3.20. The van der Waals surface area contributed by atoms with Gasteiger partial charge >= 0.3 is 0 Å². The molecule has 0 saturated carbocycles. The fourth-order valence-electron chi connectivity index (χ4n) is 3.00. The quantitative estimate of drug-likeness (QED) is 0.746. The normalized spacial score (nSPS) is 17.6. The molecule has 1 saturated heterocycles. The van der Waals surface area contributed by atoms with E-state index in [0.717, 1.165) is 57.9 Å². The topological polar surface area (TPSA) is 39.7 Å². The van der Waals surface area contributed by atoms with E-state index in [1.54, 1.807) is 14.2 Å². The second-order valence-electron chi connectivity index (χ2n) is 5.77. The molecule has 0 amide bonds. The van der Waals surface area contributed by atoms with E-state index in [2.05, 4.69) is 17.4 Å². The van der Waals surface area contributed by atoms with E-state index >= 15 is 0 Å². The van der Waals surface area contributed by atoms with Gasteiger partial charge < -0.3 is 19.5 Å². The van der Waals surface area contributed by atoms with Crippen molar-refractivity contribution in [3.05, 3.63) is 29.8 Å². The molecular weight excluding hydrogens is 266 g/mol. The lowest BCUT2D eigenvalue weighted by Crippen LogP contribution is -2.41. The fourth-order valence-corrected chi connectivity index (χ4v) is 3.00. The molecule has 21 heavy (non-hydrogen) atoms. The molecule has 1 fully saturated rings. The van der Waals surface area contributed by atoms with Gasteiger partial charge in [0.05, 0.1) is 13.7 Å². The minimum atomic E-state index is 0.251. The number of para-hydroxylation sites is 1. The van der Waals surface area contributed by atoms with Gasteiger partial charge in [-0.15, -0.1) is 0 Å². The van der Waals surface area contributed by atoms with E-state index in [1.165, 1.54) is 5.56 Å². The van der Waals surface area contributed by atoms with Crippen LogP contribution in [0.2, 0.25) is 0 Å². The van der Waals surface area contributed by atoms with Gasteiger partial charge in [-0.25, -0.2) is 0 Å². The van der Waals surface area contributed by atoms with Gasteiger partial charge in [0.1, 0.15) is 5.75 Å². The monoisotopic (exact) mass is 293 g/mol. The van der Waals surface area contributed by atoms with Crippen LogP contribution >= 0.6 is 0 Å². The summed E-state index contributed by atoms with van der Waals surface area (Å²) in [6.45, 7) is 4.34. The molecule has 1 aliphatic heterocycles. The molecule has 2 rings (SSSR count). The fraction of sp³-hybridized carbons (Fsp3) is 0.647. The summed E-state index contributed by atoms with van der Waals surface area (Å²) < 4.78 is 16.2. The Hall–Kier alpha value is -1.10. The molecular formula is C17H27NO3. The molecule has 1 aliphatic rings. The zero-order valence-corrected chi connectivity index (χ0v) is 13.2. The van der Waals surface area contributed by atoms with Crippen molar-refractivity contribution in [2.75, 3.05) is 47.1 Å². The summed E-state index contributed by atoms with van der Waals surface area (Å²) in [5, 5.41) is 3.53. The smallest absolute Gasteiger partial charge is 0.122 e. The molecule has 0 aromatic heterocycles. The summed E-state index contributed by atoms with van der Waals surface area (Å²) in [6, 6.07) is 8.32. The van der Waals surface area contributed by atoms with Crippen LogP contribution in [0.5, 0.6) is 5.75 Å². The van der Waals surface area contributed by atoms with Gasteiger partial charge in [0, 0.05) is 33.4 Å². The van der Waals surface area contributed by atoms with Crippen LogP contribution in [0.15, 0.2) is 24.3 Å². The Morgan fingerprint density at radius 3 is 2.67 bits per heavy atom. The standard InChI is InChI=1S/C17H27NO3/c1-19-12-9-18-14-17(7-10-21-11-8-17)13-15-5-3-4-6-16(15)20-2/h3-6,18H,7-14H2,1-2H3. The average Bonchev–Trinajstić information content (AvgIpc) is 2.53. The first-order chi connectivity index (χ1) is 10.3. The number of nitrogens with one attached hydrogen (secondary N) is 1. The number of benzene rings is 1. The van der Waals surface area contributed by atoms with E-state index in [9.17, 15) is 0 Å². The molecule has 0 spiro atoms. The van der Waals surface area contributed by atoms with Crippen LogP contribution in [-0.4, -0.2) is 47.1 Å². The molecule has 1 aromatic carbocycles. The van der Waals surface area contributed by atoms with Gasteiger partial charge in [-0.3, -0.25) is 0 Å². The number of rotatable bonds is 8. The van der Waals surface area contributed by atoms with Crippen LogP contribution in [0, 0.1) is 5.41 Å². The van der Waals surface area contributed by atoms with Crippen molar-refractivity contribution in [2.45, 2.75) is 19.3 Å². The predicted molar refractivity (Wildman–Crippen MR) is 83.9 cm³/mol. The number of hydrogen-bond donors (Lipinski definition) is 1. The van der Waals surface area contributed by atoms with Gasteiger partial charge in [-0.05, 0) is 36.3 Å². The molecule has 0 bridgehead atoms. The molecule has 0 aliphatic carbocycles. The maximum atomic E-state index is 5.56. The van der Waals surface area contributed by atoms with Crippen LogP contribution in [0.1, 0.15) is 18.4 Å². The van der Waals surface area contributed by atoms with Gasteiger partial charge in [-0.1, -0.05) is 18.2 Å². The Bertz CT molecular complexity index is 416. The van der Waals surface area contributed by atoms with E-state index in [4.69, 9.17) is 14.2 Å². The van der Waals surface area contributed by atoms with Crippen LogP contribution in [0.4, 0.5) is 0 Å².